The van der Waals surface area contributed by atoms with Crippen LogP contribution in [0.2, 0.25) is 0 Å². The van der Waals surface area contributed by atoms with Crippen molar-refractivity contribution in [2.75, 3.05) is 5.73 Å². The number of rotatable bonds is 1. The topological polar surface area (TPSA) is 26.0 Å². The van der Waals surface area contributed by atoms with Gasteiger partial charge >= 0.3 is 0 Å². The number of benzene rings is 2. The lowest BCUT2D eigenvalue weighted by atomic mass is 10.2. The third kappa shape index (κ3) is 4.75. The van der Waals surface area contributed by atoms with Crippen LogP contribution in [-0.2, 0) is 6.42 Å². The molecule has 0 aromatic heterocycles. The van der Waals surface area contributed by atoms with Crippen molar-refractivity contribution in [3.8, 4) is 0 Å². The monoisotopic (exact) mass is 263 g/mol. The van der Waals surface area contributed by atoms with Gasteiger partial charge in [-0.2, -0.15) is 0 Å². The predicted octanol–water partition coefficient (Wildman–Crippen LogP) is 4.10. The minimum atomic E-state index is 0.732. The molecule has 17 heavy (non-hydrogen) atoms. The first kappa shape index (κ1) is 14.0. The van der Waals surface area contributed by atoms with Crippen molar-refractivity contribution >= 4 is 30.9 Å². The van der Waals surface area contributed by atoms with Crippen LogP contribution in [0.4, 0.5) is 5.69 Å². The second-order valence-electron chi connectivity index (χ2n) is 3.54. The molecule has 90 valence electrons. The summed E-state index contributed by atoms with van der Waals surface area (Å²) < 4.78 is 0. The van der Waals surface area contributed by atoms with Gasteiger partial charge in [0, 0.05) is 15.5 Å². The molecule has 0 radical (unpaired) electrons. The molecule has 0 aliphatic rings. The number of para-hydroxylation sites is 1. The number of thiol groups is 2. The zero-order chi connectivity index (χ0) is 12.7. The summed E-state index contributed by atoms with van der Waals surface area (Å²) in [4.78, 5) is 1.94. The fourth-order valence-electron chi connectivity index (χ4n) is 1.30. The Morgan fingerprint density at radius 2 is 1.41 bits per heavy atom. The summed E-state index contributed by atoms with van der Waals surface area (Å²) in [5.41, 5.74) is 7.50. The minimum Gasteiger partial charge on any atom is -0.398 e. The molecule has 0 heterocycles. The van der Waals surface area contributed by atoms with E-state index in [4.69, 9.17) is 5.73 Å². The maximum atomic E-state index is 5.44. The third-order valence-electron chi connectivity index (χ3n) is 2.31. The SMILES string of the molecule is CCc1ccccc1S.Nc1ccccc1S. The molecule has 2 aromatic rings. The quantitative estimate of drug-likeness (QED) is 0.524. The smallest absolute Gasteiger partial charge is 0.0449 e. The van der Waals surface area contributed by atoms with Gasteiger partial charge in [-0.15, -0.1) is 25.3 Å². The lowest BCUT2D eigenvalue weighted by Gasteiger charge is -1.97. The molecule has 2 aromatic carbocycles. The highest BCUT2D eigenvalue weighted by Crippen LogP contribution is 2.13. The highest BCUT2D eigenvalue weighted by atomic mass is 32.1. The Morgan fingerprint density at radius 1 is 0.882 bits per heavy atom. The molecule has 0 saturated carbocycles. The molecule has 0 bridgehead atoms. The van der Waals surface area contributed by atoms with Gasteiger partial charge in [0.15, 0.2) is 0 Å². The van der Waals surface area contributed by atoms with E-state index in [9.17, 15) is 0 Å². The average Bonchev–Trinajstić information content (AvgIpc) is 2.34. The summed E-state index contributed by atoms with van der Waals surface area (Å²) >= 11 is 8.35. The fourth-order valence-corrected chi connectivity index (χ4v) is 1.78. The number of hydrogen-bond donors (Lipinski definition) is 3. The van der Waals surface area contributed by atoms with Gasteiger partial charge in [0.1, 0.15) is 0 Å². The van der Waals surface area contributed by atoms with Crippen molar-refractivity contribution in [2.24, 2.45) is 0 Å². The Kier molecular flexibility index (Phi) is 6.01. The van der Waals surface area contributed by atoms with E-state index in [1.165, 1.54) is 5.56 Å². The second kappa shape index (κ2) is 7.30. The normalized spacial score (nSPS) is 9.35. The molecule has 0 unspecified atom stereocenters. The molecular weight excluding hydrogens is 246 g/mol. The Bertz CT molecular complexity index is 448. The van der Waals surface area contributed by atoms with Crippen molar-refractivity contribution in [2.45, 2.75) is 23.1 Å². The Balaban J connectivity index is 0.000000171. The summed E-state index contributed by atoms with van der Waals surface area (Å²) in [6.45, 7) is 2.13. The zero-order valence-corrected chi connectivity index (χ0v) is 11.6. The van der Waals surface area contributed by atoms with Crippen LogP contribution in [0, 0.1) is 0 Å². The Morgan fingerprint density at radius 3 is 1.76 bits per heavy atom. The van der Waals surface area contributed by atoms with Crippen LogP contribution in [-0.4, -0.2) is 0 Å². The molecule has 0 aliphatic heterocycles. The fraction of sp³-hybridized carbons (Fsp3) is 0.143. The van der Waals surface area contributed by atoms with Crippen LogP contribution < -0.4 is 5.73 Å². The van der Waals surface area contributed by atoms with Gasteiger partial charge in [0.2, 0.25) is 0 Å². The summed E-state index contributed by atoms with van der Waals surface area (Å²) in [7, 11) is 0. The van der Waals surface area contributed by atoms with E-state index in [-0.39, 0.29) is 0 Å². The van der Waals surface area contributed by atoms with E-state index in [0.717, 1.165) is 21.9 Å². The van der Waals surface area contributed by atoms with Gasteiger partial charge < -0.3 is 5.73 Å². The van der Waals surface area contributed by atoms with Crippen molar-refractivity contribution in [3.05, 3.63) is 54.1 Å². The maximum absolute atomic E-state index is 5.44. The summed E-state index contributed by atoms with van der Waals surface area (Å²) in [6.07, 6.45) is 1.07. The van der Waals surface area contributed by atoms with E-state index in [0.29, 0.717) is 0 Å². The molecule has 0 aliphatic carbocycles. The van der Waals surface area contributed by atoms with Gasteiger partial charge in [0.05, 0.1) is 0 Å². The molecular formula is C14H17NS2. The summed E-state index contributed by atoms with van der Waals surface area (Å²) in [6, 6.07) is 15.6. The lowest BCUT2D eigenvalue weighted by molar-refractivity contribution is 1.09. The minimum absolute atomic E-state index is 0.732. The molecule has 0 amide bonds. The number of aryl methyl sites for hydroxylation is 1. The van der Waals surface area contributed by atoms with Crippen LogP contribution in [0.25, 0.3) is 0 Å². The van der Waals surface area contributed by atoms with Crippen LogP contribution in [0.15, 0.2) is 58.3 Å². The van der Waals surface area contributed by atoms with Crippen LogP contribution in [0.5, 0.6) is 0 Å². The molecule has 2 N–H and O–H groups in total. The Hall–Kier alpha value is -1.06. The van der Waals surface area contributed by atoms with Gasteiger partial charge in [-0.1, -0.05) is 37.3 Å². The average molecular weight is 263 g/mol. The van der Waals surface area contributed by atoms with E-state index < -0.39 is 0 Å². The van der Waals surface area contributed by atoms with Gasteiger partial charge in [-0.3, -0.25) is 0 Å². The van der Waals surface area contributed by atoms with E-state index in [2.05, 4.69) is 38.2 Å². The van der Waals surface area contributed by atoms with Gasteiger partial charge in [-0.25, -0.2) is 0 Å². The van der Waals surface area contributed by atoms with Crippen LogP contribution in [0.3, 0.4) is 0 Å². The molecule has 1 nitrogen and oxygen atoms in total. The van der Waals surface area contributed by atoms with Crippen LogP contribution >= 0.6 is 25.3 Å². The van der Waals surface area contributed by atoms with Crippen molar-refractivity contribution in [1.29, 1.82) is 0 Å². The molecule has 0 saturated heterocycles. The van der Waals surface area contributed by atoms with E-state index in [1.54, 1.807) is 0 Å². The lowest BCUT2D eigenvalue weighted by Crippen LogP contribution is -1.83. The van der Waals surface area contributed by atoms with Crippen LogP contribution in [0.1, 0.15) is 12.5 Å². The molecule has 0 spiro atoms. The standard InChI is InChI=1S/C8H10S.C6H7NS/c1-2-7-5-3-4-6-8(7)9;7-5-3-1-2-4-6(5)8/h3-6,9H,2H2,1H3;1-4,8H,7H2. The van der Waals surface area contributed by atoms with Crippen molar-refractivity contribution in [3.63, 3.8) is 0 Å². The molecule has 0 atom stereocenters. The maximum Gasteiger partial charge on any atom is 0.0449 e. The zero-order valence-electron chi connectivity index (χ0n) is 9.80. The predicted molar refractivity (Wildman–Crippen MR) is 81.2 cm³/mol. The highest BCUT2D eigenvalue weighted by Gasteiger charge is 1.90. The van der Waals surface area contributed by atoms with Gasteiger partial charge in [-0.05, 0) is 30.2 Å². The first-order valence-corrected chi connectivity index (χ1v) is 6.35. The molecule has 3 heteroatoms. The van der Waals surface area contributed by atoms with E-state index in [1.807, 2.05) is 42.5 Å². The summed E-state index contributed by atoms with van der Waals surface area (Å²) in [5.74, 6) is 0. The summed E-state index contributed by atoms with van der Waals surface area (Å²) in [5, 5.41) is 0. The number of nitrogens with two attached hydrogens (primary N) is 1. The number of hydrogen-bond acceptors (Lipinski definition) is 3. The van der Waals surface area contributed by atoms with E-state index >= 15 is 0 Å². The Labute approximate surface area is 114 Å². The number of anilines is 1. The number of nitrogen functional groups attached to an aromatic ring is 1. The van der Waals surface area contributed by atoms with Crippen molar-refractivity contribution in [1.82, 2.24) is 0 Å². The first-order chi connectivity index (χ1) is 8.15. The molecule has 0 fully saturated rings. The second-order valence-corrected chi connectivity index (χ2v) is 4.50. The largest absolute Gasteiger partial charge is 0.398 e. The first-order valence-electron chi connectivity index (χ1n) is 5.45. The van der Waals surface area contributed by atoms with Crippen molar-refractivity contribution < 1.29 is 0 Å². The van der Waals surface area contributed by atoms with Gasteiger partial charge in [0.25, 0.3) is 0 Å². The highest BCUT2D eigenvalue weighted by molar-refractivity contribution is 7.80. The molecule has 2 rings (SSSR count). The third-order valence-corrected chi connectivity index (χ3v) is 3.15.